The van der Waals surface area contributed by atoms with Crippen LogP contribution in [0, 0.1) is 23.5 Å². The molecule has 0 bridgehead atoms. The summed E-state index contributed by atoms with van der Waals surface area (Å²) < 4.78 is 29.0. The van der Waals surface area contributed by atoms with Gasteiger partial charge in [-0.1, -0.05) is 30.4 Å². The number of benzene rings is 2. The van der Waals surface area contributed by atoms with Gasteiger partial charge in [0, 0.05) is 4.88 Å². The Kier molecular flexibility index (Phi) is 5.45. The summed E-state index contributed by atoms with van der Waals surface area (Å²) in [5.41, 5.74) is 1.56. The summed E-state index contributed by atoms with van der Waals surface area (Å²) in [6.45, 7) is 0. The van der Waals surface area contributed by atoms with Crippen LogP contribution in [0.2, 0.25) is 0 Å². The summed E-state index contributed by atoms with van der Waals surface area (Å²) in [6.07, 6.45) is 3.71. The van der Waals surface area contributed by atoms with Crippen LogP contribution in [0.5, 0.6) is 0 Å². The average molecular weight is 408 g/mol. The first-order valence-electron chi connectivity index (χ1n) is 8.93. The van der Waals surface area contributed by atoms with Crippen LogP contribution in [0.3, 0.4) is 0 Å². The van der Waals surface area contributed by atoms with Crippen LogP contribution < -0.4 is 0 Å². The van der Waals surface area contributed by atoms with E-state index in [0.717, 1.165) is 4.88 Å². The molecule has 5 heteroatoms. The van der Waals surface area contributed by atoms with Gasteiger partial charge < -0.3 is 0 Å². The molecule has 0 amide bonds. The van der Waals surface area contributed by atoms with Crippen LogP contribution in [0.15, 0.2) is 53.5 Å². The van der Waals surface area contributed by atoms with Crippen molar-refractivity contribution in [2.75, 3.05) is 0 Å². The molecule has 0 saturated heterocycles. The third kappa shape index (κ3) is 3.95. The average Bonchev–Trinajstić information content (AvgIpc) is 3.08. The third-order valence-corrected chi connectivity index (χ3v) is 6.12. The van der Waals surface area contributed by atoms with Crippen molar-refractivity contribution in [2.24, 2.45) is 4.99 Å². The fourth-order valence-electron chi connectivity index (χ4n) is 3.10. The normalized spacial score (nSPS) is 13.2. The zero-order valence-electron chi connectivity index (χ0n) is 14.8. The molecular formula is C23H15F2NS2. The molecule has 0 radical (unpaired) electrons. The van der Waals surface area contributed by atoms with Crippen molar-refractivity contribution in [3.8, 4) is 23.0 Å². The molecule has 2 aromatic carbocycles. The van der Waals surface area contributed by atoms with Gasteiger partial charge in [-0.25, -0.2) is 8.78 Å². The van der Waals surface area contributed by atoms with E-state index in [1.165, 1.54) is 36.3 Å². The highest BCUT2D eigenvalue weighted by atomic mass is 32.1. The lowest BCUT2D eigenvalue weighted by atomic mass is 9.84. The maximum atomic E-state index is 14.5. The Morgan fingerprint density at radius 1 is 0.929 bits per heavy atom. The Bertz CT molecular complexity index is 1100. The van der Waals surface area contributed by atoms with E-state index < -0.39 is 11.6 Å². The third-order valence-electron chi connectivity index (χ3n) is 4.86. The molecule has 0 spiro atoms. The fraction of sp³-hybridized carbons (Fsp3) is 0.174. The lowest BCUT2D eigenvalue weighted by Crippen LogP contribution is -2.06. The van der Waals surface area contributed by atoms with Gasteiger partial charge in [-0.05, 0) is 78.5 Å². The van der Waals surface area contributed by atoms with E-state index in [1.807, 2.05) is 6.07 Å². The number of hydrogen-bond donors (Lipinski definition) is 0. The zero-order valence-corrected chi connectivity index (χ0v) is 16.5. The highest BCUT2D eigenvalue weighted by molar-refractivity contribution is 7.78. The van der Waals surface area contributed by atoms with Crippen LogP contribution in [0.4, 0.5) is 14.5 Å². The molecule has 1 saturated carbocycles. The second-order valence-electron chi connectivity index (χ2n) is 6.64. The summed E-state index contributed by atoms with van der Waals surface area (Å²) in [5, 5.41) is 2.28. The standard InChI is InChI=1S/C23H15F2NS2/c24-21-12-17(15-4-6-18(7-5-15)26-14-27)13-22(25)20(21)10-8-19-9-11-23(28-19)16-2-1-3-16/h4-7,9,11-13,16H,1-3H2. The first-order valence-corrected chi connectivity index (χ1v) is 10.2. The number of thiophene rings is 1. The van der Waals surface area contributed by atoms with Gasteiger partial charge in [-0.3, -0.25) is 0 Å². The van der Waals surface area contributed by atoms with Crippen molar-refractivity contribution < 1.29 is 8.78 Å². The molecule has 1 aliphatic carbocycles. The van der Waals surface area contributed by atoms with Gasteiger partial charge in [0.15, 0.2) is 0 Å². The fourth-order valence-corrected chi connectivity index (χ4v) is 4.23. The molecule has 28 heavy (non-hydrogen) atoms. The Morgan fingerprint density at radius 2 is 1.64 bits per heavy atom. The van der Waals surface area contributed by atoms with E-state index in [9.17, 15) is 8.78 Å². The quantitative estimate of drug-likeness (QED) is 0.256. The molecule has 0 N–H and O–H groups in total. The van der Waals surface area contributed by atoms with Gasteiger partial charge in [-0.2, -0.15) is 4.99 Å². The van der Waals surface area contributed by atoms with Crippen LogP contribution in [0.25, 0.3) is 11.1 Å². The number of nitrogens with zero attached hydrogens (tertiary/aromatic N) is 1. The minimum Gasteiger partial charge on any atom is -0.205 e. The summed E-state index contributed by atoms with van der Waals surface area (Å²) >= 11 is 6.18. The van der Waals surface area contributed by atoms with Crippen molar-refractivity contribution in [1.82, 2.24) is 0 Å². The first-order chi connectivity index (χ1) is 13.6. The number of halogens is 2. The number of isothiocyanates is 1. The minimum atomic E-state index is -0.667. The molecule has 1 fully saturated rings. The van der Waals surface area contributed by atoms with Crippen LogP contribution >= 0.6 is 23.6 Å². The highest BCUT2D eigenvalue weighted by Crippen LogP contribution is 2.39. The van der Waals surface area contributed by atoms with Crippen molar-refractivity contribution in [2.45, 2.75) is 25.2 Å². The molecule has 138 valence electrons. The van der Waals surface area contributed by atoms with Gasteiger partial charge in [0.25, 0.3) is 0 Å². The molecule has 3 aromatic rings. The molecule has 0 aliphatic heterocycles. The van der Waals surface area contributed by atoms with Gasteiger partial charge in [0.05, 0.1) is 21.3 Å². The molecule has 1 heterocycles. The molecule has 1 nitrogen and oxygen atoms in total. The summed E-state index contributed by atoms with van der Waals surface area (Å²) in [7, 11) is 0. The van der Waals surface area contributed by atoms with Crippen molar-refractivity contribution in [3.05, 3.63) is 75.5 Å². The molecular weight excluding hydrogens is 392 g/mol. The van der Waals surface area contributed by atoms with Crippen LogP contribution in [-0.2, 0) is 0 Å². The molecule has 1 aromatic heterocycles. The number of thiocarbonyl (C=S) groups is 1. The molecule has 4 rings (SSSR count). The van der Waals surface area contributed by atoms with E-state index in [-0.39, 0.29) is 5.56 Å². The van der Waals surface area contributed by atoms with Gasteiger partial charge >= 0.3 is 0 Å². The zero-order chi connectivity index (χ0) is 19.5. The number of aliphatic imine (C=N–C) groups is 1. The monoisotopic (exact) mass is 407 g/mol. The topological polar surface area (TPSA) is 12.4 Å². The Morgan fingerprint density at radius 3 is 2.25 bits per heavy atom. The number of hydrogen-bond acceptors (Lipinski definition) is 3. The van der Waals surface area contributed by atoms with Crippen LogP contribution in [0.1, 0.15) is 40.5 Å². The van der Waals surface area contributed by atoms with E-state index in [4.69, 9.17) is 0 Å². The van der Waals surface area contributed by atoms with Gasteiger partial charge in [0.1, 0.15) is 11.6 Å². The Balaban J connectivity index is 1.59. The van der Waals surface area contributed by atoms with Crippen LogP contribution in [-0.4, -0.2) is 5.16 Å². The maximum Gasteiger partial charge on any atom is 0.142 e. The summed E-state index contributed by atoms with van der Waals surface area (Å²) in [4.78, 5) is 6.01. The Labute approximate surface area is 171 Å². The van der Waals surface area contributed by atoms with Gasteiger partial charge in [-0.15, -0.1) is 11.3 Å². The van der Waals surface area contributed by atoms with E-state index in [2.05, 4.69) is 40.3 Å². The minimum absolute atomic E-state index is 0.204. The summed E-state index contributed by atoms with van der Waals surface area (Å²) in [5.74, 6) is 4.87. The smallest absolute Gasteiger partial charge is 0.142 e. The predicted molar refractivity (Wildman–Crippen MR) is 113 cm³/mol. The van der Waals surface area contributed by atoms with E-state index in [0.29, 0.717) is 22.7 Å². The lowest BCUT2D eigenvalue weighted by Gasteiger charge is -2.23. The molecule has 1 aliphatic rings. The SMILES string of the molecule is Fc1cc(-c2ccc(N=C=S)cc2)cc(F)c1C#Cc1ccc(C2CCC2)s1. The largest absolute Gasteiger partial charge is 0.205 e. The first kappa shape index (κ1) is 18.7. The number of rotatable bonds is 3. The maximum absolute atomic E-state index is 14.5. The van der Waals surface area contributed by atoms with E-state index in [1.54, 1.807) is 35.6 Å². The van der Waals surface area contributed by atoms with Gasteiger partial charge in [0.2, 0.25) is 0 Å². The summed E-state index contributed by atoms with van der Waals surface area (Å²) in [6, 6.07) is 13.5. The molecule has 0 unspecified atom stereocenters. The van der Waals surface area contributed by atoms with Crippen molar-refractivity contribution >= 4 is 34.4 Å². The second kappa shape index (κ2) is 8.16. The Hall–Kier alpha value is -2.64. The van der Waals surface area contributed by atoms with Crippen molar-refractivity contribution in [3.63, 3.8) is 0 Å². The van der Waals surface area contributed by atoms with E-state index >= 15 is 0 Å². The second-order valence-corrected chi connectivity index (χ2v) is 7.94. The molecule has 0 atom stereocenters. The van der Waals surface area contributed by atoms with Crippen molar-refractivity contribution in [1.29, 1.82) is 0 Å². The lowest BCUT2D eigenvalue weighted by molar-refractivity contribution is 0.426. The predicted octanol–water partition coefficient (Wildman–Crippen LogP) is 7.09. The highest BCUT2D eigenvalue weighted by Gasteiger charge is 2.20.